The van der Waals surface area contributed by atoms with Crippen molar-refractivity contribution < 1.29 is 23.1 Å². The number of nitrogens with one attached hydrogen (secondary N) is 1. The summed E-state index contributed by atoms with van der Waals surface area (Å²) in [5.74, 6) is -1.45. The molecular formula is C16H22N2O5S. The van der Waals surface area contributed by atoms with Crippen molar-refractivity contribution in [1.29, 1.82) is 0 Å². The highest BCUT2D eigenvalue weighted by Crippen LogP contribution is 2.28. The van der Waals surface area contributed by atoms with Crippen LogP contribution in [-0.2, 0) is 14.8 Å². The summed E-state index contributed by atoms with van der Waals surface area (Å²) >= 11 is 0. The molecule has 0 aromatic heterocycles. The summed E-state index contributed by atoms with van der Waals surface area (Å²) in [5.41, 5.74) is 0.283. The Labute approximate surface area is 141 Å². The van der Waals surface area contributed by atoms with Gasteiger partial charge in [-0.1, -0.05) is 6.92 Å². The second-order valence-corrected chi connectivity index (χ2v) is 7.73. The van der Waals surface area contributed by atoms with Crippen molar-refractivity contribution >= 4 is 21.9 Å². The average Bonchev–Trinajstić information content (AvgIpc) is 3.36. The Morgan fingerprint density at radius 1 is 1.29 bits per heavy atom. The number of rotatable bonds is 8. The van der Waals surface area contributed by atoms with Crippen LogP contribution in [-0.4, -0.2) is 48.9 Å². The van der Waals surface area contributed by atoms with E-state index in [0.717, 1.165) is 12.8 Å². The number of carbonyl (C=O) groups is 2. The first kappa shape index (κ1) is 18.4. The number of hydrogen-bond donors (Lipinski definition) is 2. The predicted octanol–water partition coefficient (Wildman–Crippen LogP) is 1.45. The normalized spacial score (nSPS) is 15.8. The molecule has 1 aliphatic rings. The minimum absolute atomic E-state index is 0.0379. The van der Waals surface area contributed by atoms with E-state index in [1.165, 1.54) is 29.2 Å². The van der Waals surface area contributed by atoms with E-state index < -0.39 is 21.9 Å². The van der Waals surface area contributed by atoms with Crippen molar-refractivity contribution in [2.24, 2.45) is 0 Å². The molecule has 24 heavy (non-hydrogen) atoms. The maximum atomic E-state index is 12.4. The van der Waals surface area contributed by atoms with Crippen molar-refractivity contribution in [2.45, 2.75) is 50.1 Å². The SMILES string of the molecule is CCC(C)NS(=O)(=O)c1ccc(C(=O)N(CC(=O)O)C2CC2)cc1. The van der Waals surface area contributed by atoms with Gasteiger partial charge in [0.1, 0.15) is 6.54 Å². The fourth-order valence-electron chi connectivity index (χ4n) is 2.26. The number of amides is 1. The maximum absolute atomic E-state index is 12.4. The molecule has 1 amide bonds. The van der Waals surface area contributed by atoms with Crippen molar-refractivity contribution in [3.8, 4) is 0 Å². The molecule has 0 saturated heterocycles. The molecule has 0 radical (unpaired) electrons. The lowest BCUT2D eigenvalue weighted by molar-refractivity contribution is -0.137. The highest BCUT2D eigenvalue weighted by atomic mass is 32.2. The van der Waals surface area contributed by atoms with Gasteiger partial charge in [-0.05, 0) is 50.5 Å². The van der Waals surface area contributed by atoms with E-state index in [1.807, 2.05) is 6.92 Å². The van der Waals surface area contributed by atoms with E-state index in [2.05, 4.69) is 4.72 Å². The molecule has 1 aromatic carbocycles. The zero-order chi connectivity index (χ0) is 17.9. The fourth-order valence-corrected chi connectivity index (χ4v) is 3.58. The lowest BCUT2D eigenvalue weighted by atomic mass is 10.2. The van der Waals surface area contributed by atoms with Crippen LogP contribution in [0.25, 0.3) is 0 Å². The smallest absolute Gasteiger partial charge is 0.323 e. The molecule has 7 nitrogen and oxygen atoms in total. The molecule has 2 N–H and O–H groups in total. The molecule has 1 aliphatic carbocycles. The van der Waals surface area contributed by atoms with Gasteiger partial charge < -0.3 is 10.0 Å². The van der Waals surface area contributed by atoms with Crippen LogP contribution in [0, 0.1) is 0 Å². The average molecular weight is 354 g/mol. The number of benzene rings is 1. The molecule has 1 unspecified atom stereocenters. The number of sulfonamides is 1. The summed E-state index contributed by atoms with van der Waals surface area (Å²) in [5, 5.41) is 8.93. The van der Waals surface area contributed by atoms with E-state index in [9.17, 15) is 18.0 Å². The van der Waals surface area contributed by atoms with E-state index in [4.69, 9.17) is 5.11 Å². The second kappa shape index (κ2) is 7.31. The molecule has 0 heterocycles. The number of carbonyl (C=O) groups excluding carboxylic acids is 1. The van der Waals surface area contributed by atoms with E-state index in [-0.39, 0.29) is 29.1 Å². The number of carboxylic acids is 1. The first-order valence-corrected chi connectivity index (χ1v) is 9.38. The molecule has 0 aliphatic heterocycles. The van der Waals surface area contributed by atoms with Crippen LogP contribution in [0.4, 0.5) is 0 Å². The molecule has 0 spiro atoms. The minimum Gasteiger partial charge on any atom is -0.480 e. The summed E-state index contributed by atoms with van der Waals surface area (Å²) in [6, 6.07) is 5.35. The standard InChI is InChI=1S/C16H22N2O5S/c1-3-11(2)17-24(22,23)14-8-4-12(5-9-14)16(21)18(10-15(19)20)13-6-7-13/h4-5,8-9,11,13,17H,3,6-7,10H2,1-2H3,(H,19,20). The third kappa shape index (κ3) is 4.55. The third-order valence-electron chi connectivity index (χ3n) is 3.93. The topological polar surface area (TPSA) is 104 Å². The van der Waals surface area contributed by atoms with Gasteiger partial charge in [-0.25, -0.2) is 13.1 Å². The van der Waals surface area contributed by atoms with Crippen LogP contribution in [0.1, 0.15) is 43.5 Å². The van der Waals surface area contributed by atoms with Crippen molar-refractivity contribution in [2.75, 3.05) is 6.54 Å². The summed E-state index contributed by atoms with van der Waals surface area (Å²) in [7, 11) is -3.63. The van der Waals surface area contributed by atoms with Gasteiger partial charge in [-0.2, -0.15) is 0 Å². The lowest BCUT2D eigenvalue weighted by Gasteiger charge is -2.20. The quantitative estimate of drug-likeness (QED) is 0.735. The van der Waals surface area contributed by atoms with E-state index >= 15 is 0 Å². The summed E-state index contributed by atoms with van der Waals surface area (Å²) in [6.45, 7) is 3.30. The van der Waals surface area contributed by atoms with Crippen LogP contribution in [0.5, 0.6) is 0 Å². The van der Waals surface area contributed by atoms with E-state index in [1.54, 1.807) is 6.92 Å². The van der Waals surface area contributed by atoms with Crippen molar-refractivity contribution in [3.63, 3.8) is 0 Å². The summed E-state index contributed by atoms with van der Waals surface area (Å²) < 4.78 is 26.9. The van der Waals surface area contributed by atoms with Gasteiger partial charge in [0.25, 0.3) is 5.91 Å². The summed E-state index contributed by atoms with van der Waals surface area (Å²) in [6.07, 6.45) is 2.26. The zero-order valence-corrected chi connectivity index (χ0v) is 14.5. The van der Waals surface area contributed by atoms with E-state index in [0.29, 0.717) is 6.42 Å². The van der Waals surface area contributed by atoms with Crippen LogP contribution in [0.3, 0.4) is 0 Å². The molecular weight excluding hydrogens is 332 g/mol. The predicted molar refractivity (Wildman–Crippen MR) is 88.2 cm³/mol. The lowest BCUT2D eigenvalue weighted by Crippen LogP contribution is -2.37. The van der Waals surface area contributed by atoms with Gasteiger partial charge in [0.15, 0.2) is 0 Å². The van der Waals surface area contributed by atoms with Gasteiger partial charge >= 0.3 is 5.97 Å². The number of hydrogen-bond acceptors (Lipinski definition) is 4. The molecule has 0 bridgehead atoms. The van der Waals surface area contributed by atoms with Gasteiger partial charge in [-0.3, -0.25) is 9.59 Å². The number of nitrogens with zero attached hydrogens (tertiary/aromatic N) is 1. The van der Waals surface area contributed by atoms with Gasteiger partial charge in [0.05, 0.1) is 4.90 Å². The van der Waals surface area contributed by atoms with Crippen molar-refractivity contribution in [1.82, 2.24) is 9.62 Å². The van der Waals surface area contributed by atoms with Crippen molar-refractivity contribution in [3.05, 3.63) is 29.8 Å². The van der Waals surface area contributed by atoms with Gasteiger partial charge in [0.2, 0.25) is 10.0 Å². The fraction of sp³-hybridized carbons (Fsp3) is 0.500. The van der Waals surface area contributed by atoms with Crippen LogP contribution >= 0.6 is 0 Å². The minimum atomic E-state index is -3.63. The Hall–Kier alpha value is -1.93. The molecule has 8 heteroatoms. The molecule has 132 valence electrons. The third-order valence-corrected chi connectivity index (χ3v) is 5.54. The Kier molecular flexibility index (Phi) is 5.61. The van der Waals surface area contributed by atoms with Gasteiger partial charge in [0, 0.05) is 17.6 Å². The molecule has 1 atom stereocenters. The Morgan fingerprint density at radius 3 is 2.33 bits per heavy atom. The number of aliphatic carboxylic acids is 1. The monoisotopic (exact) mass is 354 g/mol. The van der Waals surface area contributed by atoms with Crippen LogP contribution in [0.15, 0.2) is 29.2 Å². The first-order chi connectivity index (χ1) is 11.2. The highest BCUT2D eigenvalue weighted by molar-refractivity contribution is 7.89. The number of carboxylic acid groups (broad SMARTS) is 1. The second-order valence-electron chi connectivity index (χ2n) is 6.01. The molecule has 1 aromatic rings. The zero-order valence-electron chi connectivity index (χ0n) is 13.7. The summed E-state index contributed by atoms with van der Waals surface area (Å²) in [4.78, 5) is 24.8. The molecule has 1 saturated carbocycles. The Morgan fingerprint density at radius 2 is 1.88 bits per heavy atom. The van der Waals surface area contributed by atoms with Crippen LogP contribution in [0.2, 0.25) is 0 Å². The highest BCUT2D eigenvalue weighted by Gasteiger charge is 2.34. The largest absolute Gasteiger partial charge is 0.480 e. The molecule has 2 rings (SSSR count). The van der Waals surface area contributed by atoms with Crippen LogP contribution < -0.4 is 4.72 Å². The van der Waals surface area contributed by atoms with Gasteiger partial charge in [-0.15, -0.1) is 0 Å². The Bertz CT molecular complexity index is 710. The Balaban J connectivity index is 2.16. The maximum Gasteiger partial charge on any atom is 0.323 e. The first-order valence-electron chi connectivity index (χ1n) is 7.89. The molecule has 1 fully saturated rings.